The topological polar surface area (TPSA) is 35.2 Å². The number of para-hydroxylation sites is 1. The summed E-state index contributed by atoms with van der Waals surface area (Å²) in [5, 5.41) is 0. The highest BCUT2D eigenvalue weighted by atomic mass is 16.5. The van der Waals surface area contributed by atoms with E-state index in [0.29, 0.717) is 5.92 Å². The van der Waals surface area contributed by atoms with Crippen LogP contribution in [0, 0.1) is 5.92 Å². The Morgan fingerprint density at radius 2 is 2.08 bits per heavy atom. The van der Waals surface area contributed by atoms with Crippen molar-refractivity contribution in [3.8, 4) is 5.75 Å². The highest BCUT2D eigenvalue weighted by Gasteiger charge is 2.30. The standard InChI is InChI=1S/C11H15NO/c1-13-10-5-3-2-4-9(10)11(12)8-6-7-8/h2-5,8,11H,6-7,12H2,1H3. The molecule has 0 bridgehead atoms. The van der Waals surface area contributed by atoms with Crippen LogP contribution < -0.4 is 10.5 Å². The van der Waals surface area contributed by atoms with Gasteiger partial charge in [-0.25, -0.2) is 0 Å². The molecule has 13 heavy (non-hydrogen) atoms. The van der Waals surface area contributed by atoms with E-state index in [2.05, 4.69) is 6.07 Å². The molecule has 2 N–H and O–H groups in total. The van der Waals surface area contributed by atoms with Crippen LogP contribution >= 0.6 is 0 Å². The Hall–Kier alpha value is -1.02. The van der Waals surface area contributed by atoms with Gasteiger partial charge in [-0.2, -0.15) is 0 Å². The smallest absolute Gasteiger partial charge is 0.123 e. The zero-order valence-electron chi connectivity index (χ0n) is 7.86. The lowest BCUT2D eigenvalue weighted by Gasteiger charge is -2.14. The van der Waals surface area contributed by atoms with Crippen LogP contribution in [-0.2, 0) is 0 Å². The van der Waals surface area contributed by atoms with Crippen molar-refractivity contribution in [1.29, 1.82) is 0 Å². The Balaban J connectivity index is 2.26. The van der Waals surface area contributed by atoms with Crippen LogP contribution in [0.25, 0.3) is 0 Å². The van der Waals surface area contributed by atoms with Crippen LogP contribution in [-0.4, -0.2) is 7.11 Å². The summed E-state index contributed by atoms with van der Waals surface area (Å²) in [6, 6.07) is 8.18. The predicted molar refractivity (Wildman–Crippen MR) is 52.6 cm³/mol. The van der Waals surface area contributed by atoms with Gasteiger partial charge < -0.3 is 10.5 Å². The van der Waals surface area contributed by atoms with Crippen molar-refractivity contribution in [2.75, 3.05) is 7.11 Å². The fraction of sp³-hybridized carbons (Fsp3) is 0.455. The van der Waals surface area contributed by atoms with Crippen LogP contribution in [0.3, 0.4) is 0 Å². The van der Waals surface area contributed by atoms with E-state index >= 15 is 0 Å². The predicted octanol–water partition coefficient (Wildman–Crippen LogP) is 2.10. The van der Waals surface area contributed by atoms with Crippen LogP contribution in [0.15, 0.2) is 24.3 Å². The summed E-state index contributed by atoms with van der Waals surface area (Å²) in [4.78, 5) is 0. The Labute approximate surface area is 78.7 Å². The van der Waals surface area contributed by atoms with Crippen molar-refractivity contribution in [2.45, 2.75) is 18.9 Å². The van der Waals surface area contributed by atoms with Gasteiger partial charge in [0.1, 0.15) is 5.75 Å². The lowest BCUT2D eigenvalue weighted by atomic mass is 10.0. The third-order valence-electron chi connectivity index (χ3n) is 2.63. The quantitative estimate of drug-likeness (QED) is 0.767. The molecule has 1 aliphatic carbocycles. The molecule has 0 amide bonds. The summed E-state index contributed by atoms with van der Waals surface area (Å²) < 4.78 is 5.26. The molecule has 2 nitrogen and oxygen atoms in total. The Morgan fingerprint density at radius 3 is 2.69 bits per heavy atom. The van der Waals surface area contributed by atoms with Gasteiger partial charge in [0, 0.05) is 11.6 Å². The lowest BCUT2D eigenvalue weighted by Crippen LogP contribution is -2.13. The van der Waals surface area contributed by atoms with E-state index in [9.17, 15) is 0 Å². The van der Waals surface area contributed by atoms with Gasteiger partial charge in [-0.15, -0.1) is 0 Å². The van der Waals surface area contributed by atoms with Gasteiger partial charge in [-0.1, -0.05) is 18.2 Å². The molecule has 0 aliphatic heterocycles. The van der Waals surface area contributed by atoms with Crippen LogP contribution in [0.5, 0.6) is 5.75 Å². The highest BCUT2D eigenvalue weighted by molar-refractivity contribution is 5.36. The van der Waals surface area contributed by atoms with E-state index in [1.54, 1.807) is 7.11 Å². The second-order valence-electron chi connectivity index (χ2n) is 3.61. The van der Waals surface area contributed by atoms with E-state index in [1.807, 2.05) is 18.2 Å². The first-order valence-electron chi connectivity index (χ1n) is 4.71. The molecule has 0 heterocycles. The van der Waals surface area contributed by atoms with Crippen molar-refractivity contribution in [2.24, 2.45) is 11.7 Å². The second-order valence-corrected chi connectivity index (χ2v) is 3.61. The molecule has 1 atom stereocenters. The molecule has 1 unspecified atom stereocenters. The van der Waals surface area contributed by atoms with E-state index in [4.69, 9.17) is 10.5 Å². The summed E-state index contributed by atoms with van der Waals surface area (Å²) >= 11 is 0. The van der Waals surface area contributed by atoms with Gasteiger partial charge in [0.15, 0.2) is 0 Å². The fourth-order valence-electron chi connectivity index (χ4n) is 1.65. The SMILES string of the molecule is COc1ccccc1C(N)C1CC1. The Kier molecular flexibility index (Phi) is 2.23. The molecule has 2 rings (SSSR count). The molecule has 0 radical (unpaired) electrons. The average Bonchev–Trinajstić information content (AvgIpc) is 3.00. The molecule has 0 saturated heterocycles. The minimum Gasteiger partial charge on any atom is -0.496 e. The third-order valence-corrected chi connectivity index (χ3v) is 2.63. The molecule has 1 saturated carbocycles. The fourth-order valence-corrected chi connectivity index (χ4v) is 1.65. The average molecular weight is 177 g/mol. The molecule has 1 aliphatic rings. The van der Waals surface area contributed by atoms with Gasteiger partial charge in [0.05, 0.1) is 7.11 Å². The highest BCUT2D eigenvalue weighted by Crippen LogP contribution is 2.41. The van der Waals surface area contributed by atoms with E-state index < -0.39 is 0 Å². The number of ether oxygens (including phenoxy) is 1. The van der Waals surface area contributed by atoms with Crippen molar-refractivity contribution < 1.29 is 4.74 Å². The maximum absolute atomic E-state index is 6.10. The molecule has 0 spiro atoms. The van der Waals surface area contributed by atoms with Crippen molar-refractivity contribution in [1.82, 2.24) is 0 Å². The first-order valence-corrected chi connectivity index (χ1v) is 4.71. The molecule has 1 aromatic rings. The molecular formula is C11H15NO. The molecule has 2 heteroatoms. The van der Waals surface area contributed by atoms with Crippen molar-refractivity contribution >= 4 is 0 Å². The Bertz CT molecular complexity index is 294. The molecule has 1 aromatic carbocycles. The van der Waals surface area contributed by atoms with Gasteiger partial charge in [0.2, 0.25) is 0 Å². The maximum Gasteiger partial charge on any atom is 0.123 e. The van der Waals surface area contributed by atoms with E-state index in [-0.39, 0.29) is 6.04 Å². The molecule has 1 fully saturated rings. The minimum absolute atomic E-state index is 0.163. The summed E-state index contributed by atoms with van der Waals surface area (Å²) in [7, 11) is 1.69. The Morgan fingerprint density at radius 1 is 1.38 bits per heavy atom. The van der Waals surface area contributed by atoms with E-state index in [0.717, 1.165) is 11.3 Å². The number of nitrogens with two attached hydrogens (primary N) is 1. The summed E-state index contributed by atoms with van der Waals surface area (Å²) in [5.41, 5.74) is 7.24. The number of rotatable bonds is 3. The zero-order valence-corrected chi connectivity index (χ0v) is 7.86. The number of benzene rings is 1. The largest absolute Gasteiger partial charge is 0.496 e. The third kappa shape index (κ3) is 1.68. The number of methoxy groups -OCH3 is 1. The number of hydrogen-bond acceptors (Lipinski definition) is 2. The monoisotopic (exact) mass is 177 g/mol. The molecular weight excluding hydrogens is 162 g/mol. The van der Waals surface area contributed by atoms with Gasteiger partial charge in [0.25, 0.3) is 0 Å². The van der Waals surface area contributed by atoms with Gasteiger partial charge in [-0.05, 0) is 24.8 Å². The first kappa shape index (κ1) is 8.57. The normalized spacial score (nSPS) is 18.3. The lowest BCUT2D eigenvalue weighted by molar-refractivity contribution is 0.403. The molecule has 0 aromatic heterocycles. The minimum atomic E-state index is 0.163. The maximum atomic E-state index is 6.10. The van der Waals surface area contributed by atoms with Gasteiger partial charge in [-0.3, -0.25) is 0 Å². The molecule has 70 valence electrons. The number of hydrogen-bond donors (Lipinski definition) is 1. The van der Waals surface area contributed by atoms with Gasteiger partial charge >= 0.3 is 0 Å². The first-order chi connectivity index (χ1) is 6.33. The second kappa shape index (κ2) is 3.38. The summed E-state index contributed by atoms with van der Waals surface area (Å²) in [6.07, 6.45) is 2.53. The van der Waals surface area contributed by atoms with Crippen LogP contribution in [0.4, 0.5) is 0 Å². The summed E-state index contributed by atoms with van der Waals surface area (Å²) in [5.74, 6) is 1.60. The zero-order chi connectivity index (χ0) is 9.26. The summed E-state index contributed by atoms with van der Waals surface area (Å²) in [6.45, 7) is 0. The van der Waals surface area contributed by atoms with E-state index in [1.165, 1.54) is 12.8 Å². The van der Waals surface area contributed by atoms with Crippen molar-refractivity contribution in [3.63, 3.8) is 0 Å². The van der Waals surface area contributed by atoms with Crippen molar-refractivity contribution in [3.05, 3.63) is 29.8 Å². The van der Waals surface area contributed by atoms with Crippen LogP contribution in [0.1, 0.15) is 24.4 Å². The van der Waals surface area contributed by atoms with Crippen LogP contribution in [0.2, 0.25) is 0 Å².